The summed E-state index contributed by atoms with van der Waals surface area (Å²) in [5.41, 5.74) is 2.54. The molecule has 0 radical (unpaired) electrons. The van der Waals surface area contributed by atoms with E-state index in [9.17, 15) is 8.42 Å². The molecule has 2 N–H and O–H groups in total. The highest BCUT2D eigenvalue weighted by molar-refractivity contribution is 7.92. The lowest BCUT2D eigenvalue weighted by atomic mass is 10.2. The van der Waals surface area contributed by atoms with Crippen molar-refractivity contribution in [3.8, 4) is 0 Å². The van der Waals surface area contributed by atoms with Crippen molar-refractivity contribution >= 4 is 21.4 Å². The predicted octanol–water partition coefficient (Wildman–Crippen LogP) is 2.71. The van der Waals surface area contributed by atoms with E-state index >= 15 is 0 Å². The highest BCUT2D eigenvalue weighted by Gasteiger charge is 2.10. The standard InChI is InChI=1S/C15H18N2O2S/c1-16-14-7-9-15(10-8-14)17-20(18,19)12-11-13-5-3-2-4-6-13/h2-10,16-17H,11-12H2,1H3. The van der Waals surface area contributed by atoms with Gasteiger partial charge in [0, 0.05) is 18.4 Å². The molecular formula is C15H18N2O2S. The Kier molecular flexibility index (Phi) is 4.63. The molecule has 2 aromatic carbocycles. The SMILES string of the molecule is CNc1ccc(NS(=O)(=O)CCc2ccccc2)cc1. The second kappa shape index (κ2) is 6.43. The molecule has 20 heavy (non-hydrogen) atoms. The summed E-state index contributed by atoms with van der Waals surface area (Å²) in [7, 11) is -1.50. The maximum Gasteiger partial charge on any atom is 0.233 e. The summed E-state index contributed by atoms with van der Waals surface area (Å²) in [5.74, 6) is 0.0742. The zero-order chi connectivity index (χ0) is 14.4. The van der Waals surface area contributed by atoms with E-state index < -0.39 is 10.0 Å². The number of hydrogen-bond donors (Lipinski definition) is 2. The van der Waals surface area contributed by atoms with Gasteiger partial charge in [-0.05, 0) is 36.2 Å². The van der Waals surface area contributed by atoms with E-state index in [4.69, 9.17) is 0 Å². The maximum absolute atomic E-state index is 12.0. The van der Waals surface area contributed by atoms with Gasteiger partial charge in [0.25, 0.3) is 0 Å². The van der Waals surface area contributed by atoms with Crippen LogP contribution in [0.3, 0.4) is 0 Å². The van der Waals surface area contributed by atoms with Gasteiger partial charge < -0.3 is 5.32 Å². The van der Waals surface area contributed by atoms with Crippen molar-refractivity contribution in [2.75, 3.05) is 22.8 Å². The van der Waals surface area contributed by atoms with Crippen molar-refractivity contribution in [2.24, 2.45) is 0 Å². The summed E-state index contributed by atoms with van der Waals surface area (Å²) in [6.45, 7) is 0. The van der Waals surface area contributed by atoms with E-state index in [-0.39, 0.29) is 5.75 Å². The van der Waals surface area contributed by atoms with Crippen LogP contribution in [-0.4, -0.2) is 21.2 Å². The molecule has 2 aromatic rings. The van der Waals surface area contributed by atoms with Crippen LogP contribution < -0.4 is 10.0 Å². The van der Waals surface area contributed by atoms with Crippen molar-refractivity contribution in [2.45, 2.75) is 6.42 Å². The molecule has 0 spiro atoms. The lowest BCUT2D eigenvalue weighted by Crippen LogP contribution is -2.18. The minimum absolute atomic E-state index is 0.0742. The molecular weight excluding hydrogens is 272 g/mol. The van der Waals surface area contributed by atoms with Crippen LogP contribution in [-0.2, 0) is 16.4 Å². The number of benzene rings is 2. The first-order valence-electron chi connectivity index (χ1n) is 6.41. The molecule has 0 heterocycles. The average molecular weight is 290 g/mol. The van der Waals surface area contributed by atoms with Gasteiger partial charge in [-0.1, -0.05) is 30.3 Å². The van der Waals surface area contributed by atoms with E-state index in [1.807, 2.05) is 49.5 Å². The van der Waals surface area contributed by atoms with E-state index in [0.717, 1.165) is 11.3 Å². The van der Waals surface area contributed by atoms with Crippen LogP contribution in [0, 0.1) is 0 Å². The van der Waals surface area contributed by atoms with Gasteiger partial charge in [0.15, 0.2) is 0 Å². The largest absolute Gasteiger partial charge is 0.388 e. The molecule has 0 aliphatic carbocycles. The average Bonchev–Trinajstić information content (AvgIpc) is 2.47. The third-order valence-electron chi connectivity index (χ3n) is 2.95. The van der Waals surface area contributed by atoms with Crippen molar-refractivity contribution < 1.29 is 8.42 Å². The molecule has 0 fully saturated rings. The Morgan fingerprint density at radius 1 is 0.900 bits per heavy atom. The van der Waals surface area contributed by atoms with Crippen LogP contribution in [0.4, 0.5) is 11.4 Å². The van der Waals surface area contributed by atoms with Gasteiger partial charge in [-0.25, -0.2) is 8.42 Å². The van der Waals surface area contributed by atoms with Crippen LogP contribution in [0.2, 0.25) is 0 Å². The second-order valence-corrected chi connectivity index (χ2v) is 6.33. The summed E-state index contributed by atoms with van der Waals surface area (Å²) in [6.07, 6.45) is 0.505. The van der Waals surface area contributed by atoms with Gasteiger partial charge in [0.1, 0.15) is 0 Å². The minimum atomic E-state index is -3.32. The number of aryl methyl sites for hydroxylation is 1. The molecule has 0 aromatic heterocycles. The van der Waals surface area contributed by atoms with Crippen LogP contribution in [0.5, 0.6) is 0 Å². The third kappa shape index (κ3) is 4.28. The highest BCUT2D eigenvalue weighted by atomic mass is 32.2. The number of hydrogen-bond acceptors (Lipinski definition) is 3. The fourth-order valence-corrected chi connectivity index (χ4v) is 2.93. The summed E-state index contributed by atoms with van der Waals surface area (Å²) in [6, 6.07) is 16.7. The van der Waals surface area contributed by atoms with Gasteiger partial charge >= 0.3 is 0 Å². The van der Waals surface area contributed by atoms with Crippen molar-refractivity contribution in [3.63, 3.8) is 0 Å². The first kappa shape index (κ1) is 14.4. The van der Waals surface area contributed by atoms with E-state index in [1.54, 1.807) is 12.1 Å². The lowest BCUT2D eigenvalue weighted by Gasteiger charge is -2.09. The zero-order valence-corrected chi connectivity index (χ0v) is 12.2. The number of rotatable bonds is 6. The summed E-state index contributed by atoms with van der Waals surface area (Å²) < 4.78 is 26.6. The Morgan fingerprint density at radius 2 is 1.50 bits per heavy atom. The van der Waals surface area contributed by atoms with Gasteiger partial charge in [-0.2, -0.15) is 0 Å². The van der Waals surface area contributed by atoms with Crippen molar-refractivity contribution in [3.05, 3.63) is 60.2 Å². The van der Waals surface area contributed by atoms with Crippen LogP contribution >= 0.6 is 0 Å². The number of sulfonamides is 1. The third-order valence-corrected chi connectivity index (χ3v) is 4.24. The smallest absolute Gasteiger partial charge is 0.233 e. The molecule has 0 aliphatic rings. The van der Waals surface area contributed by atoms with Gasteiger partial charge in [0.2, 0.25) is 10.0 Å². The lowest BCUT2D eigenvalue weighted by molar-refractivity contribution is 0.600. The number of nitrogens with one attached hydrogen (secondary N) is 2. The first-order chi connectivity index (χ1) is 9.59. The molecule has 0 unspecified atom stereocenters. The Morgan fingerprint density at radius 3 is 2.10 bits per heavy atom. The molecule has 0 bridgehead atoms. The Hall–Kier alpha value is -2.01. The van der Waals surface area contributed by atoms with Crippen LogP contribution in [0.25, 0.3) is 0 Å². The Labute approximate surface area is 119 Å². The molecule has 0 saturated heterocycles. The van der Waals surface area contributed by atoms with E-state index in [1.165, 1.54) is 0 Å². The Bertz CT molecular complexity index is 637. The van der Waals surface area contributed by atoms with Gasteiger partial charge in [-0.15, -0.1) is 0 Å². The number of anilines is 2. The first-order valence-corrected chi connectivity index (χ1v) is 8.06. The Balaban J connectivity index is 1.96. The normalized spacial score (nSPS) is 11.1. The predicted molar refractivity (Wildman–Crippen MR) is 83.5 cm³/mol. The monoisotopic (exact) mass is 290 g/mol. The van der Waals surface area contributed by atoms with Crippen molar-refractivity contribution in [1.29, 1.82) is 0 Å². The molecule has 5 heteroatoms. The molecule has 0 saturated carbocycles. The van der Waals surface area contributed by atoms with E-state index in [0.29, 0.717) is 12.1 Å². The topological polar surface area (TPSA) is 58.2 Å². The molecule has 106 valence electrons. The quantitative estimate of drug-likeness (QED) is 0.860. The fourth-order valence-electron chi connectivity index (χ4n) is 1.83. The summed E-state index contributed by atoms with van der Waals surface area (Å²) >= 11 is 0. The minimum Gasteiger partial charge on any atom is -0.388 e. The summed E-state index contributed by atoms with van der Waals surface area (Å²) in [4.78, 5) is 0. The van der Waals surface area contributed by atoms with E-state index in [2.05, 4.69) is 10.0 Å². The van der Waals surface area contributed by atoms with Gasteiger partial charge in [0.05, 0.1) is 5.75 Å². The molecule has 2 rings (SSSR count). The van der Waals surface area contributed by atoms with Crippen molar-refractivity contribution in [1.82, 2.24) is 0 Å². The zero-order valence-electron chi connectivity index (χ0n) is 11.3. The van der Waals surface area contributed by atoms with Crippen LogP contribution in [0.1, 0.15) is 5.56 Å². The second-order valence-electron chi connectivity index (χ2n) is 4.48. The highest BCUT2D eigenvalue weighted by Crippen LogP contribution is 2.14. The molecule has 0 atom stereocenters. The fraction of sp³-hybridized carbons (Fsp3) is 0.200. The molecule has 4 nitrogen and oxygen atoms in total. The molecule has 0 aliphatic heterocycles. The van der Waals surface area contributed by atoms with Gasteiger partial charge in [-0.3, -0.25) is 4.72 Å². The maximum atomic E-state index is 12.0. The summed E-state index contributed by atoms with van der Waals surface area (Å²) in [5, 5.41) is 2.99. The van der Waals surface area contributed by atoms with Crippen LogP contribution in [0.15, 0.2) is 54.6 Å². The molecule has 0 amide bonds.